The molecule has 0 bridgehead atoms. The van der Waals surface area contributed by atoms with Crippen LogP contribution in [0.1, 0.15) is 21.9 Å². The van der Waals surface area contributed by atoms with Gasteiger partial charge >= 0.3 is 4.87 Å². The van der Waals surface area contributed by atoms with Crippen LogP contribution in [-0.4, -0.2) is 34.6 Å². The fraction of sp³-hybridized carbons (Fsp3) is 0.200. The summed E-state index contributed by atoms with van der Waals surface area (Å²) in [5, 5.41) is 2.96. The number of carbonyl (C=O) groups is 3. The van der Waals surface area contributed by atoms with Gasteiger partial charge in [-0.2, -0.15) is 0 Å². The summed E-state index contributed by atoms with van der Waals surface area (Å²) in [5.41, 5.74) is 2.60. The van der Waals surface area contributed by atoms with Crippen LogP contribution >= 0.6 is 46.3 Å². The molecule has 0 spiro atoms. The van der Waals surface area contributed by atoms with Gasteiger partial charge in [0, 0.05) is 16.5 Å². The third-order valence-electron chi connectivity index (χ3n) is 7.33. The SMILES string of the molecule is COc1ccc(N2C(=O)C3Sc4c(sc(=O)n4CC(=O)Nc4ccc(C)cc4)C(c4cccc(Cl)c4Cl)C3C2=O)cc1. The maximum atomic E-state index is 14.0. The van der Waals surface area contributed by atoms with Gasteiger partial charge in [0.2, 0.25) is 17.7 Å². The molecule has 1 fully saturated rings. The molecule has 214 valence electrons. The van der Waals surface area contributed by atoms with Gasteiger partial charge in [0.1, 0.15) is 17.5 Å². The maximum absolute atomic E-state index is 14.0. The molecular weight excluding hydrogens is 617 g/mol. The van der Waals surface area contributed by atoms with Crippen LogP contribution in [0.25, 0.3) is 0 Å². The number of thiazole rings is 1. The average Bonchev–Trinajstić information content (AvgIpc) is 3.42. The highest BCUT2D eigenvalue weighted by Gasteiger charge is 2.57. The van der Waals surface area contributed by atoms with Crippen molar-refractivity contribution in [2.24, 2.45) is 5.92 Å². The molecule has 0 saturated carbocycles. The number of aromatic nitrogens is 1. The lowest BCUT2D eigenvalue weighted by Crippen LogP contribution is -2.33. The third kappa shape index (κ3) is 4.92. The van der Waals surface area contributed by atoms with Gasteiger partial charge in [-0.3, -0.25) is 23.7 Å². The van der Waals surface area contributed by atoms with Crippen molar-refractivity contribution < 1.29 is 19.1 Å². The number of anilines is 2. The molecular formula is C30H23Cl2N3O5S2. The monoisotopic (exact) mass is 639 g/mol. The Morgan fingerprint density at radius 2 is 1.69 bits per heavy atom. The molecule has 3 amide bonds. The van der Waals surface area contributed by atoms with Gasteiger partial charge in [0.15, 0.2) is 0 Å². The number of rotatable bonds is 6. The number of ether oxygens (including phenoxy) is 1. The van der Waals surface area contributed by atoms with Crippen LogP contribution < -0.4 is 19.8 Å². The standard InChI is InChI=1S/C30H23Cl2N3O5S2/c1-15-6-8-16(9-7-15)33-21(36)14-34-29-26(42-30(34)39)22(19-4-3-5-20(31)24(19)32)23-25(41-29)28(38)35(27(23)37)17-10-12-18(40-2)13-11-17/h3-13,22-23,25H,14H2,1-2H3,(H,33,36). The van der Waals surface area contributed by atoms with E-state index in [4.69, 9.17) is 27.9 Å². The van der Waals surface area contributed by atoms with E-state index in [2.05, 4.69) is 5.32 Å². The Hall–Kier alpha value is -3.57. The molecule has 2 aliphatic rings. The lowest BCUT2D eigenvalue weighted by Gasteiger charge is -2.31. The molecule has 1 saturated heterocycles. The number of halogens is 2. The fourth-order valence-corrected chi connectivity index (χ4v) is 8.51. The Morgan fingerprint density at radius 1 is 0.976 bits per heavy atom. The highest BCUT2D eigenvalue weighted by atomic mass is 35.5. The zero-order valence-corrected chi connectivity index (χ0v) is 25.4. The molecule has 8 nitrogen and oxygen atoms in total. The van der Waals surface area contributed by atoms with Gasteiger partial charge in [0.05, 0.1) is 33.8 Å². The first-order valence-corrected chi connectivity index (χ1v) is 15.4. The Kier molecular flexibility index (Phi) is 7.65. The van der Waals surface area contributed by atoms with Crippen LogP contribution in [0.15, 0.2) is 76.6 Å². The summed E-state index contributed by atoms with van der Waals surface area (Å²) in [4.78, 5) is 55.7. The van der Waals surface area contributed by atoms with Crippen LogP contribution in [0.2, 0.25) is 10.0 Å². The summed E-state index contributed by atoms with van der Waals surface area (Å²) in [5.74, 6) is -2.20. The first-order chi connectivity index (χ1) is 20.2. The normalized spacial score (nSPS) is 19.4. The molecule has 12 heteroatoms. The molecule has 3 aromatic carbocycles. The van der Waals surface area contributed by atoms with E-state index in [9.17, 15) is 19.2 Å². The summed E-state index contributed by atoms with van der Waals surface area (Å²) in [6, 6.07) is 19.1. The second-order valence-electron chi connectivity index (χ2n) is 9.93. The zero-order valence-electron chi connectivity index (χ0n) is 22.3. The van der Waals surface area contributed by atoms with Crippen molar-refractivity contribution in [1.82, 2.24) is 4.57 Å². The number of carbonyl (C=O) groups excluding carboxylic acids is 3. The van der Waals surface area contributed by atoms with Gasteiger partial charge < -0.3 is 10.1 Å². The number of benzene rings is 3. The predicted molar refractivity (Wildman–Crippen MR) is 165 cm³/mol. The number of nitrogens with one attached hydrogen (secondary N) is 1. The quantitative estimate of drug-likeness (QED) is 0.261. The molecule has 6 rings (SSSR count). The van der Waals surface area contributed by atoms with Crippen molar-refractivity contribution in [3.63, 3.8) is 0 Å². The Bertz CT molecular complexity index is 1790. The van der Waals surface area contributed by atoms with E-state index in [-0.39, 0.29) is 16.4 Å². The van der Waals surface area contributed by atoms with Gasteiger partial charge in [0.25, 0.3) is 0 Å². The van der Waals surface area contributed by atoms with Crippen LogP contribution in [0, 0.1) is 12.8 Å². The van der Waals surface area contributed by atoms with Gasteiger partial charge in [-0.1, -0.05) is 76.1 Å². The van der Waals surface area contributed by atoms with Crippen molar-refractivity contribution in [1.29, 1.82) is 0 Å². The van der Waals surface area contributed by atoms with E-state index < -0.39 is 34.8 Å². The third-order valence-corrected chi connectivity index (χ3v) is 10.8. The van der Waals surface area contributed by atoms with E-state index in [0.29, 0.717) is 37.6 Å². The number of imide groups is 1. The summed E-state index contributed by atoms with van der Waals surface area (Å²) >= 11 is 15.1. The number of thioether (sulfide) groups is 1. The Morgan fingerprint density at radius 3 is 2.38 bits per heavy atom. The van der Waals surface area contributed by atoms with Crippen LogP contribution in [-0.2, 0) is 20.9 Å². The number of nitrogens with zero attached hydrogens (tertiary/aromatic N) is 2. The minimum Gasteiger partial charge on any atom is -0.497 e. The van der Waals surface area contributed by atoms with Crippen molar-refractivity contribution in [2.75, 3.05) is 17.3 Å². The van der Waals surface area contributed by atoms with Crippen molar-refractivity contribution in [3.05, 3.63) is 102 Å². The molecule has 1 N–H and O–H groups in total. The van der Waals surface area contributed by atoms with Gasteiger partial charge in [-0.25, -0.2) is 4.90 Å². The maximum Gasteiger partial charge on any atom is 0.308 e. The molecule has 2 aliphatic heterocycles. The largest absolute Gasteiger partial charge is 0.497 e. The minimum atomic E-state index is -0.854. The zero-order chi connectivity index (χ0) is 29.7. The molecule has 0 aliphatic carbocycles. The van der Waals surface area contributed by atoms with Crippen molar-refractivity contribution in [3.8, 4) is 5.75 Å². The lowest BCUT2D eigenvalue weighted by atomic mass is 9.83. The fourth-order valence-electron chi connectivity index (χ4n) is 5.32. The molecule has 3 atom stereocenters. The molecule has 3 heterocycles. The minimum absolute atomic E-state index is 0.244. The first-order valence-electron chi connectivity index (χ1n) is 12.9. The highest BCUT2D eigenvalue weighted by Crippen LogP contribution is 2.55. The molecule has 4 aromatic rings. The Labute approximate surface area is 259 Å². The van der Waals surface area contributed by atoms with E-state index in [1.54, 1.807) is 54.6 Å². The van der Waals surface area contributed by atoms with Gasteiger partial charge in [-0.15, -0.1) is 0 Å². The van der Waals surface area contributed by atoms with Crippen molar-refractivity contribution in [2.45, 2.75) is 29.7 Å². The molecule has 0 radical (unpaired) electrons. The van der Waals surface area contributed by atoms with Crippen molar-refractivity contribution >= 4 is 75.4 Å². The number of aryl methyl sites for hydroxylation is 1. The Balaban J connectivity index is 1.42. The predicted octanol–water partition coefficient (Wildman–Crippen LogP) is 5.97. The summed E-state index contributed by atoms with van der Waals surface area (Å²) in [7, 11) is 1.53. The van der Waals surface area contributed by atoms with E-state index >= 15 is 0 Å². The lowest BCUT2D eigenvalue weighted by molar-refractivity contribution is -0.122. The number of fused-ring (bicyclic) bond motifs is 2. The molecule has 3 unspecified atom stereocenters. The molecule has 42 heavy (non-hydrogen) atoms. The van der Waals surface area contributed by atoms with Gasteiger partial charge in [-0.05, 0) is 55.0 Å². The number of amides is 3. The highest BCUT2D eigenvalue weighted by molar-refractivity contribution is 8.00. The summed E-state index contributed by atoms with van der Waals surface area (Å²) in [6.45, 7) is 1.68. The average molecular weight is 641 g/mol. The molecule has 1 aromatic heterocycles. The number of hydrogen-bond donors (Lipinski definition) is 1. The van der Waals surface area contributed by atoms with E-state index in [1.807, 2.05) is 19.1 Å². The second kappa shape index (κ2) is 11.3. The van der Waals surface area contributed by atoms with Crippen LogP contribution in [0.5, 0.6) is 5.75 Å². The van der Waals surface area contributed by atoms with E-state index in [0.717, 1.165) is 28.7 Å². The summed E-state index contributed by atoms with van der Waals surface area (Å²) in [6.07, 6.45) is 0. The number of methoxy groups -OCH3 is 1. The summed E-state index contributed by atoms with van der Waals surface area (Å²) < 4.78 is 6.59. The second-order valence-corrected chi connectivity index (χ2v) is 12.8. The number of hydrogen-bond acceptors (Lipinski definition) is 7. The van der Waals surface area contributed by atoms with Crippen LogP contribution in [0.4, 0.5) is 11.4 Å². The smallest absolute Gasteiger partial charge is 0.308 e. The first kappa shape index (κ1) is 28.5. The van der Waals surface area contributed by atoms with E-state index in [1.165, 1.54) is 16.6 Å². The topological polar surface area (TPSA) is 97.7 Å². The van der Waals surface area contributed by atoms with Crippen LogP contribution in [0.3, 0.4) is 0 Å².